The fourth-order valence-electron chi connectivity index (χ4n) is 1.93. The number of esters is 1. The minimum atomic E-state index is -0.970. The van der Waals surface area contributed by atoms with Crippen molar-refractivity contribution < 1.29 is 23.1 Å². The van der Waals surface area contributed by atoms with E-state index in [1.165, 1.54) is 6.07 Å². The number of rotatable bonds is 7. The van der Waals surface area contributed by atoms with Gasteiger partial charge in [-0.2, -0.15) is 0 Å². The van der Waals surface area contributed by atoms with Crippen LogP contribution in [0.1, 0.15) is 44.0 Å². The van der Waals surface area contributed by atoms with Crippen molar-refractivity contribution in [1.29, 1.82) is 0 Å². The van der Waals surface area contributed by atoms with Crippen LogP contribution < -0.4 is 5.32 Å². The molecule has 1 rings (SSSR count). The molecule has 22 heavy (non-hydrogen) atoms. The van der Waals surface area contributed by atoms with E-state index < -0.39 is 35.1 Å². The highest BCUT2D eigenvalue weighted by molar-refractivity contribution is 5.97. The Labute approximate surface area is 128 Å². The van der Waals surface area contributed by atoms with Gasteiger partial charge in [0, 0.05) is 0 Å². The van der Waals surface area contributed by atoms with Crippen molar-refractivity contribution in [3.8, 4) is 0 Å². The van der Waals surface area contributed by atoms with Crippen LogP contribution in [0, 0.1) is 17.6 Å². The molecule has 0 radical (unpaired) electrons. The summed E-state index contributed by atoms with van der Waals surface area (Å²) in [6, 6.07) is 2.22. The molecule has 122 valence electrons. The number of ether oxygens (including phenoxy) is 1. The van der Waals surface area contributed by atoms with E-state index in [2.05, 4.69) is 5.32 Å². The molecule has 1 N–H and O–H groups in total. The smallest absolute Gasteiger partial charge is 0.328 e. The Hall–Kier alpha value is -1.98. The average Bonchev–Trinajstić information content (AvgIpc) is 2.43. The summed E-state index contributed by atoms with van der Waals surface area (Å²) in [7, 11) is 0. The van der Waals surface area contributed by atoms with E-state index in [1.54, 1.807) is 0 Å². The van der Waals surface area contributed by atoms with Crippen LogP contribution in [0.5, 0.6) is 0 Å². The van der Waals surface area contributed by atoms with Crippen LogP contribution in [0.25, 0.3) is 0 Å². The lowest BCUT2D eigenvalue weighted by molar-refractivity contribution is -0.146. The molecule has 0 fully saturated rings. The maximum atomic E-state index is 13.6. The second-order valence-electron chi connectivity index (χ2n) is 5.42. The second-order valence-corrected chi connectivity index (χ2v) is 5.42. The lowest BCUT2D eigenvalue weighted by Crippen LogP contribution is -2.43. The summed E-state index contributed by atoms with van der Waals surface area (Å²) in [5.41, 5.74) is -0.695. The first-order valence-corrected chi connectivity index (χ1v) is 7.28. The average molecular weight is 313 g/mol. The Morgan fingerprint density at radius 1 is 1.23 bits per heavy atom. The number of hydrogen-bond acceptors (Lipinski definition) is 3. The predicted molar refractivity (Wildman–Crippen MR) is 78.3 cm³/mol. The highest BCUT2D eigenvalue weighted by atomic mass is 19.1. The van der Waals surface area contributed by atoms with Crippen LogP contribution in [0.2, 0.25) is 0 Å². The van der Waals surface area contributed by atoms with Gasteiger partial charge in [-0.25, -0.2) is 13.6 Å². The summed E-state index contributed by atoms with van der Waals surface area (Å²) in [6.07, 6.45) is 0.973. The minimum Gasteiger partial charge on any atom is -0.464 e. The van der Waals surface area contributed by atoms with Gasteiger partial charge in [0.2, 0.25) is 0 Å². The third-order valence-corrected chi connectivity index (χ3v) is 2.94. The van der Waals surface area contributed by atoms with Gasteiger partial charge in [0.15, 0.2) is 0 Å². The first-order chi connectivity index (χ1) is 10.4. The number of benzene rings is 1. The molecular formula is C16H21F2NO3. The van der Waals surface area contributed by atoms with E-state index in [9.17, 15) is 18.4 Å². The molecule has 0 aliphatic heterocycles. The van der Waals surface area contributed by atoms with Gasteiger partial charge < -0.3 is 10.1 Å². The molecule has 1 amide bonds. The Morgan fingerprint density at radius 3 is 2.32 bits per heavy atom. The third-order valence-electron chi connectivity index (χ3n) is 2.94. The largest absolute Gasteiger partial charge is 0.464 e. The summed E-state index contributed by atoms with van der Waals surface area (Å²) in [4.78, 5) is 24.0. The monoisotopic (exact) mass is 313 g/mol. The molecule has 1 atom stereocenters. The quantitative estimate of drug-likeness (QED) is 0.787. The fourth-order valence-corrected chi connectivity index (χ4v) is 1.93. The number of halogens is 2. The van der Waals surface area contributed by atoms with Gasteiger partial charge in [0.25, 0.3) is 5.91 Å². The summed E-state index contributed by atoms with van der Waals surface area (Å²) in [5, 5.41) is 2.36. The van der Waals surface area contributed by atoms with Gasteiger partial charge >= 0.3 is 5.97 Å². The summed E-state index contributed by atoms with van der Waals surface area (Å²) in [5.74, 6) is -3.40. The Kier molecular flexibility index (Phi) is 6.95. The number of hydrogen-bond donors (Lipinski definition) is 1. The van der Waals surface area contributed by atoms with Crippen molar-refractivity contribution in [2.24, 2.45) is 5.92 Å². The lowest BCUT2D eigenvalue weighted by Gasteiger charge is -2.19. The molecule has 1 aromatic carbocycles. The molecule has 0 saturated heterocycles. The zero-order valence-corrected chi connectivity index (χ0v) is 13.0. The van der Waals surface area contributed by atoms with Crippen LogP contribution in [-0.4, -0.2) is 24.5 Å². The molecule has 0 aliphatic carbocycles. The third kappa shape index (κ3) is 5.09. The number of amides is 1. The van der Waals surface area contributed by atoms with Crippen molar-refractivity contribution in [3.63, 3.8) is 0 Å². The first kappa shape index (κ1) is 18.1. The van der Waals surface area contributed by atoms with Crippen LogP contribution >= 0.6 is 0 Å². The van der Waals surface area contributed by atoms with Crippen LogP contribution in [0.3, 0.4) is 0 Å². The van der Waals surface area contributed by atoms with E-state index in [4.69, 9.17) is 4.74 Å². The molecule has 4 nitrogen and oxygen atoms in total. The van der Waals surface area contributed by atoms with Crippen LogP contribution in [0.15, 0.2) is 18.2 Å². The maximum Gasteiger partial charge on any atom is 0.328 e. The number of carbonyl (C=O) groups is 2. The molecule has 1 aromatic rings. The first-order valence-electron chi connectivity index (χ1n) is 7.28. The Morgan fingerprint density at radius 2 is 1.82 bits per heavy atom. The van der Waals surface area contributed by atoms with E-state index in [0.717, 1.165) is 12.1 Å². The summed E-state index contributed by atoms with van der Waals surface area (Å²) >= 11 is 0. The van der Waals surface area contributed by atoms with Crippen molar-refractivity contribution in [1.82, 2.24) is 5.32 Å². The number of carbonyl (C=O) groups excluding carboxylic acids is 2. The minimum absolute atomic E-state index is 0.102. The number of nitrogens with one attached hydrogen (secondary N) is 1. The van der Waals surface area contributed by atoms with Gasteiger partial charge in [-0.05, 0) is 30.9 Å². The Bertz CT molecular complexity index is 512. The Balaban J connectivity index is 2.88. The van der Waals surface area contributed by atoms with Gasteiger partial charge in [0.1, 0.15) is 23.2 Å². The molecule has 0 saturated carbocycles. The van der Waals surface area contributed by atoms with Crippen molar-refractivity contribution >= 4 is 11.9 Å². The topological polar surface area (TPSA) is 55.4 Å². The fraction of sp³-hybridized carbons (Fsp3) is 0.500. The molecular weight excluding hydrogens is 292 g/mol. The molecule has 0 aromatic heterocycles. The zero-order valence-electron chi connectivity index (χ0n) is 13.0. The highest BCUT2D eigenvalue weighted by Crippen LogP contribution is 2.14. The van der Waals surface area contributed by atoms with E-state index in [1.807, 2.05) is 20.8 Å². The standard InChI is InChI=1S/C16H21F2NO3/c1-4-8-22-16(21)13(9-10(2)3)19-15(20)14-11(17)6-5-7-12(14)18/h5-7,10,13H,4,8-9H2,1-3H3,(H,19,20). The zero-order chi connectivity index (χ0) is 16.7. The van der Waals surface area contributed by atoms with Crippen molar-refractivity contribution in [2.75, 3.05) is 6.61 Å². The maximum absolute atomic E-state index is 13.6. The molecule has 0 bridgehead atoms. The summed E-state index contributed by atoms with van der Waals surface area (Å²) in [6.45, 7) is 5.82. The molecule has 1 unspecified atom stereocenters. The molecule has 0 heterocycles. The molecule has 0 aliphatic rings. The van der Waals surface area contributed by atoms with E-state index in [-0.39, 0.29) is 12.5 Å². The van der Waals surface area contributed by atoms with E-state index >= 15 is 0 Å². The van der Waals surface area contributed by atoms with Crippen molar-refractivity contribution in [2.45, 2.75) is 39.7 Å². The highest BCUT2D eigenvalue weighted by Gasteiger charge is 2.26. The molecule has 0 spiro atoms. The normalized spacial score (nSPS) is 12.1. The van der Waals surface area contributed by atoms with Gasteiger partial charge in [-0.15, -0.1) is 0 Å². The predicted octanol–water partition coefficient (Wildman–Crippen LogP) is 3.06. The van der Waals surface area contributed by atoms with E-state index in [0.29, 0.717) is 12.8 Å². The van der Waals surface area contributed by atoms with Gasteiger partial charge in [-0.3, -0.25) is 4.79 Å². The van der Waals surface area contributed by atoms with Crippen LogP contribution in [0.4, 0.5) is 8.78 Å². The van der Waals surface area contributed by atoms with Crippen LogP contribution in [-0.2, 0) is 9.53 Å². The van der Waals surface area contributed by atoms with Crippen molar-refractivity contribution in [3.05, 3.63) is 35.4 Å². The van der Waals surface area contributed by atoms with Gasteiger partial charge in [-0.1, -0.05) is 26.8 Å². The molecule has 6 heteroatoms. The second kappa shape index (κ2) is 8.46. The SMILES string of the molecule is CCCOC(=O)C(CC(C)C)NC(=O)c1c(F)cccc1F. The lowest BCUT2D eigenvalue weighted by atomic mass is 10.0. The van der Waals surface area contributed by atoms with Gasteiger partial charge in [0.05, 0.1) is 6.61 Å². The summed E-state index contributed by atoms with van der Waals surface area (Å²) < 4.78 is 32.2.